The average Bonchev–Trinajstić information content (AvgIpc) is 2.31. The third-order valence-corrected chi connectivity index (χ3v) is 3.56. The first kappa shape index (κ1) is 11.9. The van der Waals surface area contributed by atoms with E-state index in [1.165, 1.54) is 24.0 Å². The minimum absolute atomic E-state index is 0.807. The van der Waals surface area contributed by atoms with Crippen LogP contribution in [0.3, 0.4) is 0 Å². The van der Waals surface area contributed by atoms with Gasteiger partial charge in [-0.05, 0) is 56.8 Å². The molecule has 1 aromatic carbocycles. The molecule has 1 aliphatic rings. The molecular formula is C13H20NOP. The summed E-state index contributed by atoms with van der Waals surface area (Å²) >= 11 is 0. The van der Waals surface area contributed by atoms with E-state index in [0.29, 0.717) is 0 Å². The largest absolute Gasteiger partial charge is 0.480 e. The Labute approximate surface area is 100 Å². The van der Waals surface area contributed by atoms with Crippen molar-refractivity contribution < 1.29 is 4.52 Å². The molecule has 2 nitrogen and oxygen atoms in total. The fourth-order valence-electron chi connectivity index (χ4n) is 2.38. The Bertz CT molecular complexity index is 348. The van der Waals surface area contributed by atoms with Gasteiger partial charge in [-0.2, -0.15) is 0 Å². The number of aryl methyl sites for hydroxylation is 1. The smallest absolute Gasteiger partial charge is 0.125 e. The molecule has 2 rings (SSSR count). The van der Waals surface area contributed by atoms with Gasteiger partial charge in [0.05, 0.1) is 9.47 Å². The molecule has 1 fully saturated rings. The fraction of sp³-hybridized carbons (Fsp3) is 0.538. The van der Waals surface area contributed by atoms with Crippen LogP contribution in [0.5, 0.6) is 5.75 Å². The number of hydrogen-bond donors (Lipinski definition) is 1. The maximum Gasteiger partial charge on any atom is 0.125 e. The van der Waals surface area contributed by atoms with Crippen LogP contribution in [0.4, 0.5) is 0 Å². The molecule has 0 aliphatic carbocycles. The van der Waals surface area contributed by atoms with Crippen molar-refractivity contribution in [1.29, 1.82) is 0 Å². The highest BCUT2D eigenvalue weighted by molar-refractivity contribution is 7.10. The molecule has 16 heavy (non-hydrogen) atoms. The summed E-state index contributed by atoms with van der Waals surface area (Å²) in [5.74, 6) is 1.82. The van der Waals surface area contributed by atoms with E-state index in [9.17, 15) is 0 Å². The standard InChI is InChI=1S/C13H20NOP/c1-10-2-3-13(15-16)12(8-10)9-11-4-6-14-7-5-11/h2-3,8,11,14H,4-7,9,16H2,1H3. The van der Waals surface area contributed by atoms with E-state index < -0.39 is 0 Å². The molecule has 1 aromatic rings. The van der Waals surface area contributed by atoms with Crippen LogP contribution < -0.4 is 9.84 Å². The first-order valence-electron chi connectivity index (χ1n) is 5.96. The molecule has 0 amide bonds. The summed E-state index contributed by atoms with van der Waals surface area (Å²) < 4.78 is 5.34. The Hall–Kier alpha value is -0.590. The molecule has 1 unspecified atom stereocenters. The SMILES string of the molecule is Cc1ccc(OP)c(CC2CCNCC2)c1. The van der Waals surface area contributed by atoms with Crippen LogP contribution in [0.15, 0.2) is 18.2 Å². The van der Waals surface area contributed by atoms with Crippen molar-refractivity contribution in [3.8, 4) is 5.75 Å². The second kappa shape index (κ2) is 5.65. The van der Waals surface area contributed by atoms with E-state index in [1.807, 2.05) is 0 Å². The molecule has 1 heterocycles. The highest BCUT2D eigenvalue weighted by atomic mass is 31.0. The molecule has 3 heteroatoms. The zero-order valence-corrected chi connectivity index (χ0v) is 11.0. The number of piperidine rings is 1. The molecule has 0 bridgehead atoms. The van der Waals surface area contributed by atoms with Crippen LogP contribution in [-0.2, 0) is 6.42 Å². The lowest BCUT2D eigenvalue weighted by Gasteiger charge is -2.23. The van der Waals surface area contributed by atoms with E-state index in [1.54, 1.807) is 0 Å². The highest BCUT2D eigenvalue weighted by Gasteiger charge is 2.15. The molecular weight excluding hydrogens is 217 g/mol. The van der Waals surface area contributed by atoms with Crippen LogP contribution >= 0.6 is 9.47 Å². The maximum atomic E-state index is 5.34. The summed E-state index contributed by atoms with van der Waals surface area (Å²) in [5, 5.41) is 3.41. The predicted octanol–water partition coefficient (Wildman–Crippen LogP) is 2.71. The minimum atomic E-state index is 0.807. The van der Waals surface area contributed by atoms with Crippen LogP contribution in [0.25, 0.3) is 0 Å². The monoisotopic (exact) mass is 237 g/mol. The molecule has 1 aliphatic heterocycles. The fourth-order valence-corrected chi connectivity index (χ4v) is 2.61. The lowest BCUT2D eigenvalue weighted by Crippen LogP contribution is -2.28. The number of hydrogen-bond acceptors (Lipinski definition) is 2. The molecule has 1 N–H and O–H groups in total. The summed E-state index contributed by atoms with van der Waals surface area (Å²) in [6.45, 7) is 4.46. The van der Waals surface area contributed by atoms with Crippen molar-refractivity contribution in [3.05, 3.63) is 29.3 Å². The van der Waals surface area contributed by atoms with Gasteiger partial charge >= 0.3 is 0 Å². The van der Waals surface area contributed by atoms with Crippen molar-refractivity contribution in [2.24, 2.45) is 5.92 Å². The molecule has 1 saturated heterocycles. The topological polar surface area (TPSA) is 21.3 Å². The number of rotatable bonds is 3. The van der Waals surface area contributed by atoms with Gasteiger partial charge in [-0.1, -0.05) is 17.7 Å². The van der Waals surface area contributed by atoms with Gasteiger partial charge in [-0.15, -0.1) is 0 Å². The molecule has 0 spiro atoms. The van der Waals surface area contributed by atoms with E-state index in [0.717, 1.165) is 31.2 Å². The Kier molecular flexibility index (Phi) is 4.20. The Balaban J connectivity index is 2.09. The maximum absolute atomic E-state index is 5.34. The third-order valence-electron chi connectivity index (χ3n) is 3.31. The average molecular weight is 237 g/mol. The Morgan fingerprint density at radius 2 is 2.12 bits per heavy atom. The van der Waals surface area contributed by atoms with Crippen molar-refractivity contribution >= 4 is 9.47 Å². The van der Waals surface area contributed by atoms with Crippen molar-refractivity contribution in [2.75, 3.05) is 13.1 Å². The van der Waals surface area contributed by atoms with E-state index >= 15 is 0 Å². The zero-order valence-electron chi connectivity index (χ0n) is 9.83. The van der Waals surface area contributed by atoms with Crippen LogP contribution in [0.2, 0.25) is 0 Å². The van der Waals surface area contributed by atoms with Gasteiger partial charge in [0.25, 0.3) is 0 Å². The first-order chi connectivity index (χ1) is 7.79. The Morgan fingerprint density at radius 1 is 1.38 bits per heavy atom. The number of nitrogens with one attached hydrogen (secondary N) is 1. The lowest BCUT2D eigenvalue weighted by molar-refractivity contribution is 0.370. The summed E-state index contributed by atoms with van der Waals surface area (Å²) in [6, 6.07) is 6.42. The second-order valence-electron chi connectivity index (χ2n) is 4.63. The predicted molar refractivity (Wildman–Crippen MR) is 70.8 cm³/mol. The van der Waals surface area contributed by atoms with Crippen molar-refractivity contribution in [3.63, 3.8) is 0 Å². The van der Waals surface area contributed by atoms with E-state index in [-0.39, 0.29) is 0 Å². The van der Waals surface area contributed by atoms with Crippen molar-refractivity contribution in [1.82, 2.24) is 5.32 Å². The summed E-state index contributed by atoms with van der Waals surface area (Å²) in [5.41, 5.74) is 2.66. The normalized spacial score (nSPS) is 17.4. The minimum Gasteiger partial charge on any atom is -0.480 e. The van der Waals surface area contributed by atoms with Gasteiger partial charge in [0.15, 0.2) is 0 Å². The van der Waals surface area contributed by atoms with Crippen LogP contribution in [0.1, 0.15) is 24.0 Å². The molecule has 1 atom stereocenters. The third kappa shape index (κ3) is 2.96. The molecule has 0 radical (unpaired) electrons. The molecule has 0 saturated carbocycles. The van der Waals surface area contributed by atoms with Crippen LogP contribution in [0, 0.1) is 12.8 Å². The number of benzene rings is 1. The summed E-state index contributed by atoms with van der Waals surface area (Å²) in [7, 11) is 2.35. The van der Waals surface area contributed by atoms with Gasteiger partial charge in [-0.3, -0.25) is 0 Å². The van der Waals surface area contributed by atoms with Gasteiger partial charge in [0.2, 0.25) is 0 Å². The van der Waals surface area contributed by atoms with Gasteiger partial charge < -0.3 is 9.84 Å². The van der Waals surface area contributed by atoms with Gasteiger partial charge in [0, 0.05) is 0 Å². The van der Waals surface area contributed by atoms with E-state index in [2.05, 4.69) is 39.9 Å². The summed E-state index contributed by atoms with van der Waals surface area (Å²) in [6.07, 6.45) is 3.71. The molecule has 88 valence electrons. The lowest BCUT2D eigenvalue weighted by atomic mass is 9.90. The highest BCUT2D eigenvalue weighted by Crippen LogP contribution is 2.27. The Morgan fingerprint density at radius 3 is 2.81 bits per heavy atom. The van der Waals surface area contributed by atoms with Crippen molar-refractivity contribution in [2.45, 2.75) is 26.2 Å². The quantitative estimate of drug-likeness (QED) is 0.816. The van der Waals surface area contributed by atoms with E-state index in [4.69, 9.17) is 4.52 Å². The zero-order chi connectivity index (χ0) is 11.4. The van der Waals surface area contributed by atoms with Gasteiger partial charge in [0.1, 0.15) is 5.75 Å². The molecule has 0 aromatic heterocycles. The first-order valence-corrected chi connectivity index (χ1v) is 6.43. The van der Waals surface area contributed by atoms with Gasteiger partial charge in [-0.25, -0.2) is 0 Å². The second-order valence-corrected chi connectivity index (χ2v) is 4.86. The summed E-state index contributed by atoms with van der Waals surface area (Å²) in [4.78, 5) is 0. The van der Waals surface area contributed by atoms with Crippen LogP contribution in [-0.4, -0.2) is 13.1 Å².